The number of benzene rings is 1. The Kier molecular flexibility index (Phi) is 4.88. The summed E-state index contributed by atoms with van der Waals surface area (Å²) in [5.74, 6) is -0.948. The molecule has 0 saturated heterocycles. The number of nitrogens with one attached hydrogen (secondary N) is 1. The smallest absolute Gasteiger partial charge is 0.340 e. The number of hydrogen-bond donors (Lipinski definition) is 1. The van der Waals surface area contributed by atoms with Gasteiger partial charge in [0.25, 0.3) is 5.91 Å². The number of nitrogens with zero attached hydrogens (tertiary/aromatic N) is 1. The fourth-order valence-corrected chi connectivity index (χ4v) is 1.75. The van der Waals surface area contributed by atoms with Gasteiger partial charge < -0.3 is 10.1 Å². The topological polar surface area (TPSA) is 68.3 Å². The van der Waals surface area contributed by atoms with Crippen molar-refractivity contribution in [3.63, 3.8) is 0 Å². The summed E-state index contributed by atoms with van der Waals surface area (Å²) in [5, 5.41) is 2.70. The third-order valence-electron chi connectivity index (χ3n) is 3.12. The van der Waals surface area contributed by atoms with Crippen molar-refractivity contribution < 1.29 is 14.3 Å². The van der Waals surface area contributed by atoms with Crippen LogP contribution in [0.3, 0.4) is 0 Å². The summed E-state index contributed by atoms with van der Waals surface area (Å²) < 4.78 is 5.14. The Morgan fingerprint density at radius 1 is 1.09 bits per heavy atom. The molecule has 0 aliphatic rings. The van der Waals surface area contributed by atoms with E-state index >= 15 is 0 Å². The van der Waals surface area contributed by atoms with Gasteiger partial charge in [-0.3, -0.25) is 9.78 Å². The number of aryl methyl sites for hydroxylation is 2. The van der Waals surface area contributed by atoms with Gasteiger partial charge in [-0.2, -0.15) is 0 Å². The van der Waals surface area contributed by atoms with E-state index in [1.165, 1.54) is 13.1 Å². The minimum atomic E-state index is -0.893. The second kappa shape index (κ2) is 6.85. The molecule has 5 nitrogen and oxygen atoms in total. The number of carbonyl (C=O) groups excluding carboxylic acids is 2. The van der Waals surface area contributed by atoms with E-state index in [4.69, 9.17) is 4.74 Å². The summed E-state index contributed by atoms with van der Waals surface area (Å²) in [6.45, 7) is 5.32. The van der Waals surface area contributed by atoms with Crippen molar-refractivity contribution in [2.45, 2.75) is 26.9 Å². The maximum Gasteiger partial charge on any atom is 0.340 e. The Balaban J connectivity index is 1.94. The quantitative estimate of drug-likeness (QED) is 0.881. The molecule has 114 valence electrons. The molecule has 0 aliphatic carbocycles. The molecule has 1 aromatic heterocycles. The minimum absolute atomic E-state index is 0.320. The van der Waals surface area contributed by atoms with E-state index in [2.05, 4.69) is 10.3 Å². The summed E-state index contributed by atoms with van der Waals surface area (Å²) in [6.07, 6.45) is 0.539. The number of hydrogen-bond acceptors (Lipinski definition) is 4. The number of anilines is 1. The lowest BCUT2D eigenvalue weighted by molar-refractivity contribution is -0.123. The molecule has 2 aromatic rings. The van der Waals surface area contributed by atoms with Crippen LogP contribution in [-0.2, 0) is 9.53 Å². The van der Waals surface area contributed by atoms with Gasteiger partial charge in [-0.25, -0.2) is 4.79 Å². The first-order valence-electron chi connectivity index (χ1n) is 6.97. The van der Waals surface area contributed by atoms with Gasteiger partial charge in [0, 0.05) is 17.6 Å². The van der Waals surface area contributed by atoms with E-state index in [1.807, 2.05) is 26.0 Å². The molecule has 0 saturated carbocycles. The van der Waals surface area contributed by atoms with Crippen LogP contribution in [0, 0.1) is 13.8 Å². The van der Waals surface area contributed by atoms with E-state index in [1.54, 1.807) is 24.3 Å². The van der Waals surface area contributed by atoms with E-state index in [0.29, 0.717) is 11.3 Å². The molecule has 0 spiro atoms. The molecular formula is C17H18N2O3. The Labute approximate surface area is 129 Å². The Hall–Kier alpha value is -2.69. The second-order valence-electron chi connectivity index (χ2n) is 5.09. The average molecular weight is 298 g/mol. The zero-order valence-corrected chi connectivity index (χ0v) is 12.8. The average Bonchev–Trinajstić information content (AvgIpc) is 2.50. The molecule has 0 radical (unpaired) electrons. The van der Waals surface area contributed by atoms with Crippen LogP contribution in [0.1, 0.15) is 28.5 Å². The number of aromatic nitrogens is 1. The molecular weight excluding hydrogens is 280 g/mol. The van der Waals surface area contributed by atoms with Gasteiger partial charge in [0.2, 0.25) is 0 Å². The van der Waals surface area contributed by atoms with Crippen LogP contribution < -0.4 is 5.32 Å². The minimum Gasteiger partial charge on any atom is -0.449 e. The predicted molar refractivity (Wildman–Crippen MR) is 83.7 cm³/mol. The Morgan fingerprint density at radius 2 is 1.77 bits per heavy atom. The Morgan fingerprint density at radius 3 is 2.36 bits per heavy atom. The van der Waals surface area contributed by atoms with Crippen LogP contribution in [0.15, 0.2) is 42.6 Å². The lowest BCUT2D eigenvalue weighted by Gasteiger charge is -2.13. The fraction of sp³-hybridized carbons (Fsp3) is 0.235. The molecule has 5 heteroatoms. The first-order valence-corrected chi connectivity index (χ1v) is 6.97. The van der Waals surface area contributed by atoms with Crippen LogP contribution in [0.25, 0.3) is 0 Å². The second-order valence-corrected chi connectivity index (χ2v) is 5.09. The van der Waals surface area contributed by atoms with Crippen LogP contribution in [-0.4, -0.2) is 23.0 Å². The van der Waals surface area contributed by atoms with Crippen LogP contribution in [0.5, 0.6) is 0 Å². The molecule has 1 atom stereocenters. The Bertz CT molecular complexity index is 663. The van der Waals surface area contributed by atoms with Crippen LogP contribution >= 0.6 is 0 Å². The SMILES string of the molecule is Cc1ccc(NC(=O)C(C)OC(=O)c2ccc(C)nc2)cc1. The van der Waals surface area contributed by atoms with Crippen molar-refractivity contribution in [1.82, 2.24) is 4.98 Å². The van der Waals surface area contributed by atoms with Gasteiger partial charge in [0.05, 0.1) is 5.56 Å². The number of rotatable bonds is 4. The number of pyridine rings is 1. The van der Waals surface area contributed by atoms with E-state index in [-0.39, 0.29) is 5.91 Å². The summed E-state index contributed by atoms with van der Waals surface area (Å²) in [7, 11) is 0. The van der Waals surface area contributed by atoms with Crippen molar-refractivity contribution >= 4 is 17.6 Å². The molecule has 2 rings (SSSR count). The van der Waals surface area contributed by atoms with Crippen molar-refractivity contribution in [3.8, 4) is 0 Å². The molecule has 1 aromatic carbocycles. The van der Waals surface area contributed by atoms with Crippen LogP contribution in [0.2, 0.25) is 0 Å². The summed E-state index contributed by atoms with van der Waals surface area (Å²) >= 11 is 0. The van der Waals surface area contributed by atoms with Crippen molar-refractivity contribution in [2.75, 3.05) is 5.32 Å². The number of esters is 1. The van der Waals surface area contributed by atoms with E-state index in [0.717, 1.165) is 11.3 Å². The molecule has 22 heavy (non-hydrogen) atoms. The zero-order valence-electron chi connectivity index (χ0n) is 12.8. The molecule has 0 aliphatic heterocycles. The molecule has 0 fully saturated rings. The van der Waals surface area contributed by atoms with Crippen molar-refractivity contribution in [3.05, 3.63) is 59.4 Å². The van der Waals surface area contributed by atoms with Gasteiger partial charge >= 0.3 is 5.97 Å². The molecule has 1 N–H and O–H groups in total. The van der Waals surface area contributed by atoms with Crippen molar-refractivity contribution in [2.24, 2.45) is 0 Å². The largest absolute Gasteiger partial charge is 0.449 e. The molecule has 0 bridgehead atoms. The van der Waals surface area contributed by atoms with Gasteiger partial charge in [-0.15, -0.1) is 0 Å². The first kappa shape index (κ1) is 15.7. The van der Waals surface area contributed by atoms with E-state index < -0.39 is 12.1 Å². The fourth-order valence-electron chi connectivity index (χ4n) is 1.75. The normalized spacial score (nSPS) is 11.6. The number of carbonyl (C=O) groups is 2. The number of ether oxygens (including phenoxy) is 1. The predicted octanol–water partition coefficient (Wildman–Crippen LogP) is 2.88. The van der Waals surface area contributed by atoms with Gasteiger partial charge in [-0.1, -0.05) is 17.7 Å². The highest BCUT2D eigenvalue weighted by Crippen LogP contribution is 2.10. The summed E-state index contributed by atoms with van der Waals surface area (Å²) in [6, 6.07) is 10.7. The zero-order chi connectivity index (χ0) is 16.1. The highest BCUT2D eigenvalue weighted by atomic mass is 16.5. The lowest BCUT2D eigenvalue weighted by atomic mass is 10.2. The first-order chi connectivity index (χ1) is 10.5. The van der Waals surface area contributed by atoms with Crippen LogP contribution in [0.4, 0.5) is 5.69 Å². The lowest BCUT2D eigenvalue weighted by Crippen LogP contribution is -2.30. The molecule has 1 heterocycles. The van der Waals surface area contributed by atoms with Gasteiger partial charge in [0.15, 0.2) is 6.10 Å². The van der Waals surface area contributed by atoms with Gasteiger partial charge in [0.1, 0.15) is 0 Å². The third-order valence-corrected chi connectivity index (χ3v) is 3.12. The number of amides is 1. The molecule has 1 amide bonds. The maximum atomic E-state index is 12.0. The van der Waals surface area contributed by atoms with Gasteiger partial charge in [-0.05, 0) is 45.0 Å². The highest BCUT2D eigenvalue weighted by molar-refractivity contribution is 5.97. The van der Waals surface area contributed by atoms with E-state index in [9.17, 15) is 9.59 Å². The highest BCUT2D eigenvalue weighted by Gasteiger charge is 2.19. The van der Waals surface area contributed by atoms with Crippen molar-refractivity contribution in [1.29, 1.82) is 0 Å². The monoisotopic (exact) mass is 298 g/mol. The molecule has 1 unspecified atom stereocenters. The standard InChI is InChI=1S/C17H18N2O3/c1-11-4-8-15(9-5-11)19-16(20)13(3)22-17(21)14-7-6-12(2)18-10-14/h4-10,13H,1-3H3,(H,19,20). The third kappa shape index (κ3) is 4.15. The summed E-state index contributed by atoms with van der Waals surface area (Å²) in [4.78, 5) is 28.0. The summed E-state index contributed by atoms with van der Waals surface area (Å²) in [5.41, 5.74) is 2.89. The maximum absolute atomic E-state index is 12.0.